The quantitative estimate of drug-likeness (QED) is 0.168. The molecule has 0 aliphatic carbocycles. The van der Waals surface area contributed by atoms with E-state index in [0.717, 1.165) is 0 Å². The lowest BCUT2D eigenvalue weighted by molar-refractivity contribution is -0.382. The molecule has 2 fully saturated rings. The van der Waals surface area contributed by atoms with E-state index in [-0.39, 0.29) is 6.42 Å². The number of alkyl halides is 18. The fraction of sp³-hybridized carbons (Fsp3) is 0.826. The highest BCUT2D eigenvalue weighted by atomic mass is 32.2. The minimum Gasteiger partial charge on any atom is -0.348 e. The van der Waals surface area contributed by atoms with Gasteiger partial charge < -0.3 is 20.4 Å². The zero-order valence-electron chi connectivity index (χ0n) is 27.5. The van der Waals surface area contributed by atoms with Crippen LogP contribution < -0.4 is 10.6 Å². The molecule has 0 unspecified atom stereocenters. The number of sulfonamides is 2. The minimum atomic E-state index is -7.52. The maximum atomic E-state index is 14.1. The number of amides is 4. The van der Waals surface area contributed by atoms with E-state index in [9.17, 15) is 115 Å². The molecule has 2 N–H and O–H groups in total. The lowest BCUT2D eigenvalue weighted by Gasteiger charge is -2.38. The second-order valence-electron chi connectivity index (χ2n) is 11.6. The second kappa shape index (κ2) is 15.9. The first-order chi connectivity index (χ1) is 25.3. The highest BCUT2D eigenvalue weighted by Crippen LogP contribution is 2.56. The first-order valence-corrected chi connectivity index (χ1v) is 17.7. The number of carbonyl (C=O) groups is 4. The normalized spacial score (nSPS) is 18.4. The minimum absolute atomic E-state index is 0.339. The Hall–Kier alpha value is -3.56. The summed E-state index contributed by atoms with van der Waals surface area (Å²) in [5, 5.41) is -10.2. The zero-order valence-corrected chi connectivity index (χ0v) is 29.1. The number of hydrogen-bond donors (Lipinski definition) is 2. The van der Waals surface area contributed by atoms with Crippen molar-refractivity contribution >= 4 is 43.7 Å². The van der Waals surface area contributed by atoms with E-state index in [2.05, 4.69) is 0 Å². The molecule has 34 heteroatoms. The van der Waals surface area contributed by atoms with E-state index in [1.54, 1.807) is 0 Å². The van der Waals surface area contributed by atoms with Crippen molar-refractivity contribution in [2.45, 2.75) is 53.0 Å². The average molecular weight is 919 g/mol. The number of nitrogens with one attached hydrogen (secondary N) is 2. The van der Waals surface area contributed by atoms with Gasteiger partial charge in [0.1, 0.15) is 0 Å². The van der Waals surface area contributed by atoms with E-state index < -0.39 is 164 Å². The number of halogens is 18. The zero-order chi connectivity index (χ0) is 44.8. The van der Waals surface area contributed by atoms with Crippen molar-refractivity contribution in [1.29, 1.82) is 0 Å². The molecule has 0 saturated carbocycles. The molecule has 0 bridgehead atoms. The molecule has 0 atom stereocenters. The summed E-state index contributed by atoms with van der Waals surface area (Å²) in [6, 6.07) is 0. The largest absolute Gasteiger partial charge is 0.460 e. The predicted octanol–water partition coefficient (Wildman–Crippen LogP) is 1.41. The molecule has 2 heterocycles. The van der Waals surface area contributed by atoms with Crippen LogP contribution in [0.3, 0.4) is 0 Å². The van der Waals surface area contributed by atoms with Gasteiger partial charge in [0.25, 0.3) is 20.0 Å². The van der Waals surface area contributed by atoms with Crippen LogP contribution in [-0.4, -0.2) is 171 Å². The molecule has 2 saturated heterocycles. The molecule has 0 aromatic rings. The summed E-state index contributed by atoms with van der Waals surface area (Å²) >= 11 is 0. The van der Waals surface area contributed by atoms with E-state index in [4.69, 9.17) is 0 Å². The van der Waals surface area contributed by atoms with Crippen molar-refractivity contribution in [3.63, 3.8) is 0 Å². The monoisotopic (exact) mass is 918 g/mol. The molecule has 0 aromatic heterocycles. The maximum absolute atomic E-state index is 14.1. The molecule has 2 rings (SSSR count). The van der Waals surface area contributed by atoms with Crippen LogP contribution in [0.4, 0.5) is 79.0 Å². The van der Waals surface area contributed by atoms with E-state index >= 15 is 0 Å². The van der Waals surface area contributed by atoms with Crippen molar-refractivity contribution in [1.82, 2.24) is 29.0 Å². The molecule has 57 heavy (non-hydrogen) atoms. The van der Waals surface area contributed by atoms with Gasteiger partial charge in [-0.05, 0) is 6.42 Å². The molecule has 4 amide bonds. The second-order valence-corrected chi connectivity index (χ2v) is 15.5. The van der Waals surface area contributed by atoms with Gasteiger partial charge in [-0.25, -0.2) is 16.8 Å². The molecule has 2 aliphatic heterocycles. The Kier molecular flexibility index (Phi) is 13.8. The highest BCUT2D eigenvalue weighted by molar-refractivity contribution is 7.90. The number of hydrogen-bond acceptors (Lipinski definition) is 8. The third kappa shape index (κ3) is 8.62. The molecule has 0 radical (unpaired) electrons. The molecular formula is C23H24F18N6O8S2. The van der Waals surface area contributed by atoms with Crippen LogP contribution >= 0.6 is 0 Å². The standard InChI is InChI=1S/C23H24F18N6O8S2/c24-16(25,20(32,33)34)18(28,29)22(38,39)56(52,53)46-8-4-44(5-9-46)14(50)12(48)42-2-1-3-43-13(49)15(51)45-6-10-47(11-7-45)57(54,55)23(40,41)19(30,31)17(26,27)21(35,36)37/h1-11H2,(H,42,48)(H,43,49). The lowest BCUT2D eigenvalue weighted by atomic mass is 10.1. The van der Waals surface area contributed by atoms with Crippen LogP contribution in [-0.2, 0) is 39.2 Å². The first kappa shape index (κ1) is 49.6. The van der Waals surface area contributed by atoms with Crippen molar-refractivity contribution in [2.24, 2.45) is 0 Å². The molecule has 332 valence electrons. The number of nitrogens with zero attached hydrogens (tertiary/aromatic N) is 4. The Labute approximate surface area is 306 Å². The summed E-state index contributed by atoms with van der Waals surface area (Å²) in [5.74, 6) is -36.2. The van der Waals surface area contributed by atoms with Crippen molar-refractivity contribution in [3.05, 3.63) is 0 Å². The summed E-state index contributed by atoms with van der Waals surface area (Å²) in [6.07, 6.45) is -15.0. The van der Waals surface area contributed by atoms with Crippen molar-refractivity contribution in [2.75, 3.05) is 65.4 Å². The maximum Gasteiger partial charge on any atom is 0.460 e. The van der Waals surface area contributed by atoms with Gasteiger partial charge >= 0.3 is 70.2 Å². The Morgan fingerprint density at radius 2 is 0.667 bits per heavy atom. The number of piperazine rings is 2. The van der Waals surface area contributed by atoms with Crippen LogP contribution in [0, 0.1) is 0 Å². The van der Waals surface area contributed by atoms with Crippen LogP contribution in [0.2, 0.25) is 0 Å². The molecule has 14 nitrogen and oxygen atoms in total. The lowest BCUT2D eigenvalue weighted by Crippen LogP contribution is -2.66. The Morgan fingerprint density at radius 1 is 0.421 bits per heavy atom. The molecule has 0 aromatic carbocycles. The van der Waals surface area contributed by atoms with Crippen molar-refractivity contribution in [3.8, 4) is 0 Å². The van der Waals surface area contributed by atoms with Crippen LogP contribution in [0.1, 0.15) is 6.42 Å². The van der Waals surface area contributed by atoms with Gasteiger partial charge in [-0.2, -0.15) is 87.6 Å². The van der Waals surface area contributed by atoms with E-state index in [1.165, 1.54) is 0 Å². The fourth-order valence-corrected chi connectivity index (χ4v) is 7.40. The van der Waals surface area contributed by atoms with Crippen LogP contribution in [0.5, 0.6) is 0 Å². The summed E-state index contributed by atoms with van der Waals surface area (Å²) in [4.78, 5) is 49.7. The Morgan fingerprint density at radius 3 is 0.895 bits per heavy atom. The smallest absolute Gasteiger partial charge is 0.348 e. The van der Waals surface area contributed by atoms with Gasteiger partial charge in [-0.3, -0.25) is 19.2 Å². The Bertz CT molecular complexity index is 1630. The van der Waals surface area contributed by atoms with Crippen LogP contribution in [0.25, 0.3) is 0 Å². The summed E-state index contributed by atoms with van der Waals surface area (Å²) in [7, 11) is -13.9. The molecule has 0 spiro atoms. The van der Waals surface area contributed by atoms with E-state index in [0.29, 0.717) is 9.80 Å². The molecule has 2 aliphatic rings. The molecular weight excluding hydrogens is 894 g/mol. The highest BCUT2D eigenvalue weighted by Gasteiger charge is 2.87. The van der Waals surface area contributed by atoms with Gasteiger partial charge in [0.05, 0.1) is 0 Å². The average Bonchev–Trinajstić information content (AvgIpc) is 3.09. The summed E-state index contributed by atoms with van der Waals surface area (Å²) in [5.41, 5.74) is 0. The Balaban J connectivity index is 1.86. The van der Waals surface area contributed by atoms with Gasteiger partial charge in [0.15, 0.2) is 0 Å². The number of rotatable bonds is 12. The van der Waals surface area contributed by atoms with Crippen LogP contribution in [0.15, 0.2) is 0 Å². The van der Waals surface area contributed by atoms with Gasteiger partial charge in [0.2, 0.25) is 0 Å². The topological polar surface area (TPSA) is 174 Å². The third-order valence-corrected chi connectivity index (χ3v) is 11.8. The third-order valence-electron chi connectivity index (χ3n) is 7.92. The fourth-order valence-electron chi connectivity index (χ4n) is 4.56. The van der Waals surface area contributed by atoms with Crippen molar-refractivity contribution < 1.29 is 115 Å². The van der Waals surface area contributed by atoms with E-state index in [1.807, 2.05) is 10.6 Å². The SMILES string of the molecule is O=C(NCCCNC(=O)C(=O)N1CCN(S(=O)(=O)C(F)(F)C(F)(F)C(F)(F)C(F)(F)F)CC1)C(=O)N1CCN(S(=O)(=O)C(F)(F)C(F)(F)C(F)(F)C(F)(F)F)CC1. The summed E-state index contributed by atoms with van der Waals surface area (Å²) in [6.45, 7) is -10.8. The van der Waals surface area contributed by atoms with Gasteiger partial charge in [0, 0.05) is 65.4 Å². The number of carbonyl (C=O) groups excluding carboxylic acids is 4. The summed E-state index contributed by atoms with van der Waals surface area (Å²) < 4.78 is 284. The van der Waals surface area contributed by atoms with Gasteiger partial charge in [-0.15, -0.1) is 0 Å². The first-order valence-electron chi connectivity index (χ1n) is 14.8. The predicted molar refractivity (Wildman–Crippen MR) is 147 cm³/mol. The van der Waals surface area contributed by atoms with Gasteiger partial charge in [-0.1, -0.05) is 0 Å².